The van der Waals surface area contributed by atoms with Gasteiger partial charge in [0.15, 0.2) is 12.2 Å². The van der Waals surface area contributed by atoms with Crippen molar-refractivity contribution in [2.45, 2.75) is 356 Å². The fraction of sp³-hybridized carbons (Fsp3) is 0.941. The summed E-state index contributed by atoms with van der Waals surface area (Å²) in [5.41, 5.74) is 0. The fourth-order valence-corrected chi connectivity index (χ4v) is 11.7. The van der Waals surface area contributed by atoms with Gasteiger partial charge in [0.25, 0.3) is 0 Å². The Morgan fingerprint density at radius 2 is 0.586 bits per heavy atom. The molecule has 19 heteroatoms. The second-order valence-electron chi connectivity index (χ2n) is 25.5. The number of aliphatic hydroxyl groups excluding tert-OH is 1. The van der Waals surface area contributed by atoms with Crippen molar-refractivity contribution in [2.75, 3.05) is 39.6 Å². The van der Waals surface area contributed by atoms with Crippen molar-refractivity contribution in [3.8, 4) is 0 Å². The summed E-state index contributed by atoms with van der Waals surface area (Å²) in [5.74, 6) is 0.0957. The third-order valence-corrected chi connectivity index (χ3v) is 18.3. The van der Waals surface area contributed by atoms with Crippen LogP contribution in [0.1, 0.15) is 337 Å². The predicted molar refractivity (Wildman–Crippen MR) is 349 cm³/mol. The van der Waals surface area contributed by atoms with Gasteiger partial charge in [-0.1, -0.05) is 286 Å². The minimum absolute atomic E-state index is 0.102. The van der Waals surface area contributed by atoms with E-state index in [0.717, 1.165) is 114 Å². The Hall–Kier alpha value is -1.94. The first kappa shape index (κ1) is 85.1. The van der Waals surface area contributed by atoms with Crippen LogP contribution in [-0.4, -0.2) is 96.7 Å². The molecule has 0 aromatic carbocycles. The van der Waals surface area contributed by atoms with Gasteiger partial charge in [0.2, 0.25) is 0 Å². The summed E-state index contributed by atoms with van der Waals surface area (Å²) < 4.78 is 68.2. The smallest absolute Gasteiger partial charge is 0.462 e. The van der Waals surface area contributed by atoms with Gasteiger partial charge in [-0.3, -0.25) is 37.3 Å². The van der Waals surface area contributed by atoms with Gasteiger partial charge in [0, 0.05) is 25.7 Å². The summed E-state index contributed by atoms with van der Waals surface area (Å²) in [6.45, 7) is 11.8. The minimum Gasteiger partial charge on any atom is -0.462 e. The number of carbonyl (C=O) groups excluding carboxylic acids is 4. The van der Waals surface area contributed by atoms with Crippen LogP contribution in [0.5, 0.6) is 0 Å². The number of ether oxygens (including phenoxy) is 4. The Morgan fingerprint density at radius 1 is 0.333 bits per heavy atom. The van der Waals surface area contributed by atoms with Crippen LogP contribution in [0.4, 0.5) is 0 Å². The monoisotopic (exact) mass is 1280 g/mol. The number of phosphoric ester groups is 2. The highest BCUT2D eigenvalue weighted by molar-refractivity contribution is 7.47. The number of aliphatic hydroxyl groups is 1. The molecule has 0 aromatic rings. The van der Waals surface area contributed by atoms with Crippen molar-refractivity contribution >= 4 is 39.5 Å². The van der Waals surface area contributed by atoms with Crippen LogP contribution in [0.15, 0.2) is 0 Å². The number of phosphoric acid groups is 2. The molecular formula is C68H132O17P2. The molecule has 0 saturated heterocycles. The van der Waals surface area contributed by atoms with Crippen molar-refractivity contribution < 1.29 is 80.2 Å². The van der Waals surface area contributed by atoms with Gasteiger partial charge in [0.05, 0.1) is 26.4 Å². The molecule has 0 bridgehead atoms. The number of rotatable bonds is 66. The van der Waals surface area contributed by atoms with E-state index < -0.39 is 97.5 Å². The molecule has 0 aromatic heterocycles. The van der Waals surface area contributed by atoms with E-state index in [-0.39, 0.29) is 25.7 Å². The second kappa shape index (κ2) is 59.1. The molecule has 0 fully saturated rings. The van der Waals surface area contributed by atoms with Gasteiger partial charge >= 0.3 is 39.5 Å². The van der Waals surface area contributed by atoms with Crippen LogP contribution in [0.25, 0.3) is 0 Å². The van der Waals surface area contributed by atoms with E-state index in [0.29, 0.717) is 25.7 Å². The third-order valence-electron chi connectivity index (χ3n) is 16.4. The van der Waals surface area contributed by atoms with Crippen molar-refractivity contribution in [3.05, 3.63) is 0 Å². The highest BCUT2D eigenvalue weighted by atomic mass is 31.2. The standard InChI is InChI=1S/C68H132O17P2/c1-8-11-12-13-14-15-16-20-23-26-35-42-49-65(70)78-55-63(84-67(72)51-44-37-27-24-21-18-17-19-22-25-32-39-46-59(4)5)57-82-86(74,75)80-53-62(69)54-81-87(76,77)83-58-64(85-68(73)52-45-38-31-29-34-41-48-61(7)10-3)56-79-66(71)50-43-36-30-28-33-40-47-60(6)9-2/h59-64,69H,8-58H2,1-7H3,(H,74,75)(H,76,77)/t60?,61?,62-,63-,64-/m1/s1. The van der Waals surface area contributed by atoms with Crippen LogP contribution in [0.3, 0.4) is 0 Å². The molecule has 0 radical (unpaired) electrons. The molecule has 0 rings (SSSR count). The highest BCUT2D eigenvalue weighted by Crippen LogP contribution is 2.45. The second-order valence-corrected chi connectivity index (χ2v) is 28.4. The van der Waals surface area contributed by atoms with Crippen molar-refractivity contribution in [1.82, 2.24) is 0 Å². The van der Waals surface area contributed by atoms with Gasteiger partial charge in [-0.05, 0) is 43.4 Å². The van der Waals surface area contributed by atoms with E-state index in [1.807, 2.05) is 0 Å². The average molecular weight is 1280 g/mol. The predicted octanol–water partition coefficient (Wildman–Crippen LogP) is 19.1. The maximum absolute atomic E-state index is 13.0. The summed E-state index contributed by atoms with van der Waals surface area (Å²) in [6.07, 6.45) is 41.7. The van der Waals surface area contributed by atoms with Gasteiger partial charge in [-0.25, -0.2) is 9.13 Å². The van der Waals surface area contributed by atoms with E-state index in [2.05, 4.69) is 48.5 Å². The zero-order chi connectivity index (χ0) is 64.5. The summed E-state index contributed by atoms with van der Waals surface area (Å²) in [7, 11) is -9.90. The molecule has 0 heterocycles. The maximum Gasteiger partial charge on any atom is 0.472 e. The van der Waals surface area contributed by atoms with Gasteiger partial charge in [-0.2, -0.15) is 0 Å². The summed E-state index contributed by atoms with van der Waals surface area (Å²) in [6, 6.07) is 0. The van der Waals surface area contributed by atoms with E-state index >= 15 is 0 Å². The molecular weight excluding hydrogens is 1150 g/mol. The topological polar surface area (TPSA) is 237 Å². The molecule has 0 spiro atoms. The quantitative estimate of drug-likeness (QED) is 0.0222. The molecule has 0 amide bonds. The van der Waals surface area contributed by atoms with Crippen LogP contribution in [0.2, 0.25) is 0 Å². The van der Waals surface area contributed by atoms with Gasteiger partial charge in [-0.15, -0.1) is 0 Å². The lowest BCUT2D eigenvalue weighted by molar-refractivity contribution is -0.161. The Bertz CT molecular complexity index is 1720. The van der Waals surface area contributed by atoms with E-state index in [9.17, 15) is 43.2 Å². The van der Waals surface area contributed by atoms with Gasteiger partial charge in [0.1, 0.15) is 19.3 Å². The summed E-state index contributed by atoms with van der Waals surface area (Å²) in [5, 5.41) is 10.6. The molecule has 0 aliphatic heterocycles. The molecule has 3 N–H and O–H groups in total. The first-order chi connectivity index (χ1) is 41.8. The Morgan fingerprint density at radius 3 is 0.874 bits per heavy atom. The van der Waals surface area contributed by atoms with Crippen molar-refractivity contribution in [2.24, 2.45) is 17.8 Å². The first-order valence-electron chi connectivity index (χ1n) is 35.4. The molecule has 17 nitrogen and oxygen atoms in total. The number of hydrogen-bond donors (Lipinski definition) is 3. The molecule has 0 saturated carbocycles. The first-order valence-corrected chi connectivity index (χ1v) is 38.4. The lowest BCUT2D eigenvalue weighted by Crippen LogP contribution is -2.30. The SMILES string of the molecule is CCCCCCCCCCCCCCC(=O)OC[C@H](COP(=O)(O)OC[C@@H](O)COP(=O)(O)OC[C@@H](COC(=O)CCCCCCCCC(C)CC)OC(=O)CCCCCCCCC(C)CC)OC(=O)CCCCCCCCCCCCCCC(C)C. The van der Waals surface area contributed by atoms with E-state index in [4.69, 9.17) is 37.0 Å². The molecule has 7 atom stereocenters. The lowest BCUT2D eigenvalue weighted by Gasteiger charge is -2.21. The zero-order valence-corrected chi connectivity index (χ0v) is 58.3. The zero-order valence-electron chi connectivity index (χ0n) is 56.5. The lowest BCUT2D eigenvalue weighted by atomic mass is 10.00. The Labute approximate surface area is 530 Å². The van der Waals surface area contributed by atoms with Gasteiger partial charge < -0.3 is 33.8 Å². The summed E-state index contributed by atoms with van der Waals surface area (Å²) >= 11 is 0. The largest absolute Gasteiger partial charge is 0.472 e. The molecule has 0 aliphatic rings. The normalized spacial score (nSPS) is 14.9. The average Bonchev–Trinajstić information content (AvgIpc) is 3.57. The van der Waals surface area contributed by atoms with Crippen molar-refractivity contribution in [3.63, 3.8) is 0 Å². The molecule has 516 valence electrons. The van der Waals surface area contributed by atoms with Crippen LogP contribution in [0, 0.1) is 17.8 Å². The highest BCUT2D eigenvalue weighted by Gasteiger charge is 2.30. The minimum atomic E-state index is -4.95. The Kier molecular flexibility index (Phi) is 57.8. The number of carbonyl (C=O) groups is 4. The molecule has 87 heavy (non-hydrogen) atoms. The van der Waals surface area contributed by atoms with E-state index in [1.165, 1.54) is 141 Å². The summed E-state index contributed by atoms with van der Waals surface area (Å²) in [4.78, 5) is 72.4. The van der Waals surface area contributed by atoms with Crippen LogP contribution >= 0.6 is 15.6 Å². The number of esters is 4. The van der Waals surface area contributed by atoms with Crippen LogP contribution in [-0.2, 0) is 65.4 Å². The number of unbranched alkanes of at least 4 members (excludes halogenated alkanes) is 32. The maximum atomic E-state index is 13.0. The third kappa shape index (κ3) is 60.1. The Balaban J connectivity index is 5.25. The van der Waals surface area contributed by atoms with Crippen molar-refractivity contribution in [1.29, 1.82) is 0 Å². The molecule has 4 unspecified atom stereocenters. The van der Waals surface area contributed by atoms with E-state index in [1.54, 1.807) is 0 Å². The molecule has 0 aliphatic carbocycles. The fourth-order valence-electron chi connectivity index (χ4n) is 10.1. The van der Waals surface area contributed by atoms with Crippen LogP contribution < -0.4 is 0 Å². The number of hydrogen-bond acceptors (Lipinski definition) is 15.